The third-order valence-corrected chi connectivity index (χ3v) is 4.93. The molecule has 1 heterocycles. The van der Waals surface area contributed by atoms with Crippen LogP contribution in [0.4, 0.5) is 15.9 Å². The van der Waals surface area contributed by atoms with Crippen LogP contribution in [0.15, 0.2) is 24.3 Å². The molecule has 0 saturated heterocycles. The zero-order chi connectivity index (χ0) is 19.5. The molecule has 7 nitrogen and oxygen atoms in total. The number of halogens is 1. The molecule has 2 rings (SSSR count). The van der Waals surface area contributed by atoms with Crippen molar-refractivity contribution in [1.29, 1.82) is 0 Å². The van der Waals surface area contributed by atoms with E-state index in [9.17, 15) is 17.6 Å². The molecule has 9 heteroatoms. The molecule has 0 bridgehead atoms. The van der Waals surface area contributed by atoms with Gasteiger partial charge in [-0.3, -0.25) is 9.48 Å². The first kappa shape index (κ1) is 19.9. The van der Waals surface area contributed by atoms with Crippen LogP contribution in [0, 0.1) is 19.7 Å². The Morgan fingerprint density at radius 1 is 1.31 bits per heavy atom. The summed E-state index contributed by atoms with van der Waals surface area (Å²) in [5, 5.41) is 6.90. The molecule has 1 amide bonds. The highest BCUT2D eigenvalue weighted by atomic mass is 32.2. The first-order chi connectivity index (χ1) is 12.1. The monoisotopic (exact) mass is 382 g/mol. The SMILES string of the molecule is CCCn1nc(N(CC(=O)Nc2ccc(F)cc2C)S(C)(=O)=O)cc1C. The highest BCUT2D eigenvalue weighted by Gasteiger charge is 2.24. The van der Waals surface area contributed by atoms with Crippen molar-refractivity contribution < 1.29 is 17.6 Å². The van der Waals surface area contributed by atoms with Gasteiger partial charge in [-0.25, -0.2) is 17.1 Å². The van der Waals surface area contributed by atoms with Crippen LogP contribution in [-0.4, -0.2) is 36.9 Å². The summed E-state index contributed by atoms with van der Waals surface area (Å²) in [6.45, 7) is 5.72. The predicted molar refractivity (Wildman–Crippen MR) is 99.2 cm³/mol. The lowest BCUT2D eigenvalue weighted by atomic mass is 10.2. The summed E-state index contributed by atoms with van der Waals surface area (Å²) in [6, 6.07) is 5.59. The van der Waals surface area contributed by atoms with Crippen molar-refractivity contribution in [3.05, 3.63) is 41.3 Å². The summed E-state index contributed by atoms with van der Waals surface area (Å²) in [4.78, 5) is 12.4. The van der Waals surface area contributed by atoms with Crippen molar-refractivity contribution >= 4 is 27.4 Å². The largest absolute Gasteiger partial charge is 0.324 e. The molecule has 0 saturated carbocycles. The maximum atomic E-state index is 13.2. The van der Waals surface area contributed by atoms with Gasteiger partial charge in [0.1, 0.15) is 12.4 Å². The minimum atomic E-state index is -3.70. The number of rotatable bonds is 7. The molecular weight excluding hydrogens is 359 g/mol. The summed E-state index contributed by atoms with van der Waals surface area (Å²) >= 11 is 0. The minimum absolute atomic E-state index is 0.199. The van der Waals surface area contributed by atoms with Crippen molar-refractivity contribution in [1.82, 2.24) is 9.78 Å². The van der Waals surface area contributed by atoms with Crippen molar-refractivity contribution in [2.45, 2.75) is 33.7 Å². The molecule has 0 aliphatic heterocycles. The molecular formula is C17H23FN4O3S. The number of aryl methyl sites for hydroxylation is 3. The number of carbonyl (C=O) groups excluding carboxylic acids is 1. The van der Waals surface area contributed by atoms with Crippen molar-refractivity contribution in [2.24, 2.45) is 0 Å². The molecule has 0 atom stereocenters. The van der Waals surface area contributed by atoms with Gasteiger partial charge >= 0.3 is 0 Å². The maximum absolute atomic E-state index is 13.2. The zero-order valence-corrected chi connectivity index (χ0v) is 16.1. The van der Waals surface area contributed by atoms with Crippen LogP contribution in [0.2, 0.25) is 0 Å². The Balaban J connectivity index is 2.23. The topological polar surface area (TPSA) is 84.3 Å². The van der Waals surface area contributed by atoms with Crippen LogP contribution < -0.4 is 9.62 Å². The van der Waals surface area contributed by atoms with Gasteiger partial charge in [-0.05, 0) is 44.0 Å². The van der Waals surface area contributed by atoms with Crippen molar-refractivity contribution in [2.75, 3.05) is 22.4 Å². The lowest BCUT2D eigenvalue weighted by molar-refractivity contribution is -0.114. The molecule has 0 fully saturated rings. The number of aromatic nitrogens is 2. The Morgan fingerprint density at radius 3 is 2.58 bits per heavy atom. The number of amides is 1. The molecule has 0 spiro atoms. The molecule has 1 N–H and O–H groups in total. The van der Waals surface area contributed by atoms with Crippen LogP contribution in [0.25, 0.3) is 0 Å². The molecule has 26 heavy (non-hydrogen) atoms. The van der Waals surface area contributed by atoms with Crippen LogP contribution in [0.5, 0.6) is 0 Å². The molecule has 0 aliphatic carbocycles. The number of sulfonamides is 1. The van der Waals surface area contributed by atoms with Gasteiger partial charge in [0.2, 0.25) is 15.9 Å². The van der Waals surface area contributed by atoms with Gasteiger partial charge in [0.25, 0.3) is 0 Å². The molecule has 0 radical (unpaired) electrons. The lowest BCUT2D eigenvalue weighted by Gasteiger charge is -2.19. The summed E-state index contributed by atoms with van der Waals surface area (Å²) in [5.74, 6) is -0.743. The Labute approximate surface area is 152 Å². The van der Waals surface area contributed by atoms with Crippen molar-refractivity contribution in [3.63, 3.8) is 0 Å². The third kappa shape index (κ3) is 4.81. The van der Waals surface area contributed by atoms with E-state index < -0.39 is 28.3 Å². The molecule has 1 aromatic heterocycles. The number of benzene rings is 1. The number of nitrogens with zero attached hydrogens (tertiary/aromatic N) is 3. The fraction of sp³-hybridized carbons (Fsp3) is 0.412. The molecule has 1 aromatic carbocycles. The van der Waals surface area contributed by atoms with E-state index in [1.807, 2.05) is 13.8 Å². The Kier molecular flexibility index (Phi) is 6.01. The smallest absolute Gasteiger partial charge is 0.245 e. The summed E-state index contributed by atoms with van der Waals surface area (Å²) in [6.07, 6.45) is 1.88. The number of hydrogen-bond acceptors (Lipinski definition) is 4. The molecule has 2 aromatic rings. The van der Waals surface area contributed by atoms with Crippen LogP contribution in [-0.2, 0) is 21.4 Å². The number of anilines is 2. The van der Waals surface area contributed by atoms with E-state index in [0.29, 0.717) is 17.8 Å². The zero-order valence-electron chi connectivity index (χ0n) is 15.3. The van der Waals surface area contributed by atoms with E-state index in [0.717, 1.165) is 22.7 Å². The van der Waals surface area contributed by atoms with Gasteiger partial charge < -0.3 is 5.32 Å². The second-order valence-corrected chi connectivity index (χ2v) is 8.05. The van der Waals surface area contributed by atoms with Gasteiger partial charge in [0, 0.05) is 24.0 Å². The van der Waals surface area contributed by atoms with Crippen molar-refractivity contribution in [3.8, 4) is 0 Å². The third-order valence-electron chi connectivity index (χ3n) is 3.81. The van der Waals surface area contributed by atoms with Crippen LogP contribution >= 0.6 is 0 Å². The predicted octanol–water partition coefficient (Wildman–Crippen LogP) is 2.45. The molecule has 0 unspecified atom stereocenters. The van der Waals surface area contributed by atoms with Gasteiger partial charge in [-0.1, -0.05) is 6.92 Å². The van der Waals surface area contributed by atoms with E-state index in [1.165, 1.54) is 18.2 Å². The fourth-order valence-electron chi connectivity index (χ4n) is 2.51. The highest BCUT2D eigenvalue weighted by molar-refractivity contribution is 7.92. The number of nitrogens with one attached hydrogen (secondary N) is 1. The number of carbonyl (C=O) groups is 1. The first-order valence-corrected chi connectivity index (χ1v) is 10.0. The maximum Gasteiger partial charge on any atom is 0.245 e. The minimum Gasteiger partial charge on any atom is -0.324 e. The Bertz CT molecular complexity index is 909. The average Bonchev–Trinajstić information content (AvgIpc) is 2.88. The molecule has 0 aliphatic rings. The second-order valence-electron chi connectivity index (χ2n) is 6.14. The van der Waals surface area contributed by atoms with E-state index >= 15 is 0 Å². The first-order valence-electron chi connectivity index (χ1n) is 8.20. The van der Waals surface area contributed by atoms with Crippen LogP contribution in [0.3, 0.4) is 0 Å². The summed E-state index contributed by atoms with van der Waals surface area (Å²) in [5.41, 5.74) is 1.79. The molecule has 142 valence electrons. The highest BCUT2D eigenvalue weighted by Crippen LogP contribution is 2.19. The van der Waals surface area contributed by atoms with Gasteiger partial charge in [0.15, 0.2) is 5.82 Å². The van der Waals surface area contributed by atoms with Gasteiger partial charge in [0.05, 0.1) is 6.26 Å². The standard InChI is InChI=1S/C17H23FN4O3S/c1-5-8-21-13(3)10-16(20-21)22(26(4,24)25)11-17(23)19-15-7-6-14(18)9-12(15)2/h6-7,9-10H,5,8,11H2,1-4H3,(H,19,23). The summed E-state index contributed by atoms with van der Waals surface area (Å²) < 4.78 is 40.1. The fourth-order valence-corrected chi connectivity index (χ4v) is 3.29. The van der Waals surface area contributed by atoms with E-state index in [-0.39, 0.29) is 5.82 Å². The van der Waals surface area contributed by atoms with Gasteiger partial charge in [-0.15, -0.1) is 0 Å². The van der Waals surface area contributed by atoms with E-state index in [4.69, 9.17) is 0 Å². The second kappa shape index (κ2) is 7.86. The van der Waals surface area contributed by atoms with Crippen LogP contribution in [0.1, 0.15) is 24.6 Å². The Hall–Kier alpha value is -2.42. The van der Waals surface area contributed by atoms with E-state index in [1.54, 1.807) is 17.7 Å². The average molecular weight is 382 g/mol. The van der Waals surface area contributed by atoms with E-state index in [2.05, 4.69) is 10.4 Å². The lowest BCUT2D eigenvalue weighted by Crippen LogP contribution is -2.37. The quantitative estimate of drug-likeness (QED) is 0.797. The normalized spacial score (nSPS) is 11.4. The number of hydrogen-bond donors (Lipinski definition) is 1. The Morgan fingerprint density at radius 2 is 2.00 bits per heavy atom. The van der Waals surface area contributed by atoms with Gasteiger partial charge in [-0.2, -0.15) is 5.10 Å². The summed E-state index contributed by atoms with van der Waals surface area (Å²) in [7, 11) is -3.70.